The third kappa shape index (κ3) is 13.4. The van der Waals surface area contributed by atoms with E-state index in [9.17, 15) is 14.4 Å². The van der Waals surface area contributed by atoms with Gasteiger partial charge in [-0.3, -0.25) is 14.4 Å². The van der Waals surface area contributed by atoms with Crippen LogP contribution in [0.3, 0.4) is 0 Å². The van der Waals surface area contributed by atoms with E-state index in [-0.39, 0.29) is 18.0 Å². The Balaban J connectivity index is 0.000000481. The van der Waals surface area contributed by atoms with Gasteiger partial charge in [0.25, 0.3) is 0 Å². The molecule has 0 aliphatic carbocycles. The highest BCUT2D eigenvalue weighted by Crippen LogP contribution is 2.05. The number of halogens is 1. The van der Waals surface area contributed by atoms with Gasteiger partial charge in [0.05, 0.1) is 6.61 Å². The molecule has 0 spiro atoms. The highest BCUT2D eigenvalue weighted by atomic mass is 79.9. The number of ketones is 2. The lowest BCUT2D eigenvalue weighted by atomic mass is 10.1. The molecule has 0 atom stereocenters. The quantitative estimate of drug-likeness (QED) is 0.143. The molecule has 2 aromatic rings. The number of hydrogen-bond acceptors (Lipinski definition) is 4. The van der Waals surface area contributed by atoms with Gasteiger partial charge < -0.3 is 4.74 Å². The lowest BCUT2D eigenvalue weighted by Gasteiger charge is -2.00. The van der Waals surface area contributed by atoms with Crippen LogP contribution in [0.4, 0.5) is 0 Å². The summed E-state index contributed by atoms with van der Waals surface area (Å²) in [7, 11) is 0. The summed E-state index contributed by atoms with van der Waals surface area (Å²) >= 11 is 3.13. The second-order valence-corrected chi connectivity index (χ2v) is 6.48. The van der Waals surface area contributed by atoms with Gasteiger partial charge in [0.2, 0.25) is 0 Å². The summed E-state index contributed by atoms with van der Waals surface area (Å²) in [5, 5.41) is 0.896. The number of alkyl halides is 1. The molecule has 0 heterocycles. The number of hydrogen-bond donors (Lipinski definition) is 0. The van der Waals surface area contributed by atoms with Crippen LogP contribution in [0.1, 0.15) is 46.9 Å². The number of benzene rings is 2. The standard InChI is InChI=1S/C11H12O3.C11H12O.C3H5Br/c1-2-14-11(13)8-10(12)9-6-4-3-5-7-9;1-2-3-9-11(12)10-7-5-4-6-8-10;1-2-3-4/h3-7H,2,8H2,1H3;2,4-8H,1,3,9H2;2H,1,3H2. The van der Waals surface area contributed by atoms with Gasteiger partial charge in [0.15, 0.2) is 11.6 Å². The minimum Gasteiger partial charge on any atom is -0.466 e. The Kier molecular flexibility index (Phi) is 16.6. The molecular formula is C25H29BrO4. The van der Waals surface area contributed by atoms with Crippen molar-refractivity contribution >= 4 is 33.5 Å². The fourth-order valence-corrected chi connectivity index (χ4v) is 2.07. The molecule has 0 aromatic heterocycles. The van der Waals surface area contributed by atoms with Gasteiger partial charge in [0.1, 0.15) is 6.42 Å². The van der Waals surface area contributed by atoms with E-state index in [1.165, 1.54) is 0 Å². The van der Waals surface area contributed by atoms with Crippen molar-refractivity contribution < 1.29 is 19.1 Å². The first-order chi connectivity index (χ1) is 14.5. The van der Waals surface area contributed by atoms with E-state index in [1.807, 2.05) is 36.4 Å². The molecule has 0 unspecified atom stereocenters. The monoisotopic (exact) mass is 472 g/mol. The molecule has 4 nitrogen and oxygen atoms in total. The Hall–Kier alpha value is -2.79. The molecule has 0 radical (unpaired) electrons. The van der Waals surface area contributed by atoms with Crippen LogP contribution >= 0.6 is 15.9 Å². The smallest absolute Gasteiger partial charge is 0.313 e. The number of carbonyl (C=O) groups is 3. The van der Waals surface area contributed by atoms with Crippen molar-refractivity contribution in [1.82, 2.24) is 0 Å². The Morgan fingerprint density at radius 2 is 1.33 bits per heavy atom. The van der Waals surface area contributed by atoms with Crippen LogP contribution in [0.15, 0.2) is 86.0 Å². The summed E-state index contributed by atoms with van der Waals surface area (Å²) in [5.74, 6) is -0.485. The number of ether oxygens (including phenoxy) is 1. The molecule has 0 aliphatic heterocycles. The van der Waals surface area contributed by atoms with Crippen molar-refractivity contribution in [3.63, 3.8) is 0 Å². The maximum absolute atomic E-state index is 11.4. The molecule has 160 valence electrons. The predicted octanol–water partition coefficient (Wildman–Crippen LogP) is 6.23. The molecule has 30 heavy (non-hydrogen) atoms. The van der Waals surface area contributed by atoms with Crippen molar-refractivity contribution in [3.05, 3.63) is 97.1 Å². The van der Waals surface area contributed by atoms with Crippen LogP contribution in [-0.2, 0) is 9.53 Å². The second-order valence-electron chi connectivity index (χ2n) is 5.83. The summed E-state index contributed by atoms with van der Waals surface area (Å²) in [4.78, 5) is 33.8. The topological polar surface area (TPSA) is 60.4 Å². The van der Waals surface area contributed by atoms with Gasteiger partial charge in [0, 0.05) is 22.9 Å². The van der Waals surface area contributed by atoms with Crippen molar-refractivity contribution in [2.45, 2.75) is 26.2 Å². The predicted molar refractivity (Wildman–Crippen MR) is 126 cm³/mol. The molecule has 0 saturated carbocycles. The molecule has 2 aromatic carbocycles. The Morgan fingerprint density at radius 1 is 0.867 bits per heavy atom. The molecule has 0 aliphatic rings. The van der Waals surface area contributed by atoms with Crippen LogP contribution in [0, 0.1) is 0 Å². The lowest BCUT2D eigenvalue weighted by Crippen LogP contribution is -2.11. The summed E-state index contributed by atoms with van der Waals surface area (Å²) in [6.45, 7) is 9.03. The zero-order valence-electron chi connectivity index (χ0n) is 17.4. The SMILES string of the molecule is C=CCBr.C=CCCC(=O)c1ccccc1.CCOC(=O)CC(=O)c1ccccc1. The van der Waals surface area contributed by atoms with Crippen molar-refractivity contribution in [2.24, 2.45) is 0 Å². The van der Waals surface area contributed by atoms with Crippen LogP contribution in [0.25, 0.3) is 0 Å². The first kappa shape index (κ1) is 27.2. The molecule has 0 amide bonds. The Labute approximate surface area is 187 Å². The fraction of sp³-hybridized carbons (Fsp3) is 0.240. The number of esters is 1. The molecule has 0 N–H and O–H groups in total. The van der Waals surface area contributed by atoms with Crippen molar-refractivity contribution in [2.75, 3.05) is 11.9 Å². The summed E-state index contributed by atoms with van der Waals surface area (Å²) in [6, 6.07) is 18.0. The summed E-state index contributed by atoms with van der Waals surface area (Å²) in [6.07, 6.45) is 4.69. The van der Waals surface area contributed by atoms with Crippen LogP contribution in [-0.4, -0.2) is 29.5 Å². The molecule has 0 bridgehead atoms. The number of allylic oxidation sites excluding steroid dienone is 2. The maximum atomic E-state index is 11.4. The fourth-order valence-electron chi connectivity index (χ4n) is 2.07. The number of carbonyl (C=O) groups excluding carboxylic acids is 3. The first-order valence-corrected chi connectivity index (χ1v) is 10.7. The van der Waals surface area contributed by atoms with Crippen molar-refractivity contribution in [1.29, 1.82) is 0 Å². The Morgan fingerprint density at radius 3 is 1.73 bits per heavy atom. The summed E-state index contributed by atoms with van der Waals surface area (Å²) < 4.78 is 4.67. The zero-order valence-corrected chi connectivity index (χ0v) is 19.0. The van der Waals surface area contributed by atoms with Gasteiger partial charge in [-0.05, 0) is 13.3 Å². The molecule has 5 heteroatoms. The van der Waals surface area contributed by atoms with Crippen molar-refractivity contribution in [3.8, 4) is 0 Å². The minimum atomic E-state index is -0.471. The van der Waals surface area contributed by atoms with E-state index >= 15 is 0 Å². The molecular weight excluding hydrogens is 444 g/mol. The van der Waals surface area contributed by atoms with E-state index < -0.39 is 5.97 Å². The van der Waals surface area contributed by atoms with Crippen LogP contribution in [0.2, 0.25) is 0 Å². The number of rotatable bonds is 9. The molecule has 0 fully saturated rings. The highest BCUT2D eigenvalue weighted by molar-refractivity contribution is 9.09. The third-order valence-electron chi connectivity index (χ3n) is 3.49. The van der Waals surface area contributed by atoms with E-state index in [2.05, 4.69) is 33.8 Å². The van der Waals surface area contributed by atoms with Gasteiger partial charge in [-0.2, -0.15) is 0 Å². The molecule has 2 rings (SSSR count). The van der Waals surface area contributed by atoms with Gasteiger partial charge in [-0.15, -0.1) is 13.2 Å². The number of Topliss-reactive ketones (excluding diaryl/α,β-unsaturated/α-hetero) is 2. The second kappa shape index (κ2) is 18.3. The average Bonchev–Trinajstić information content (AvgIpc) is 2.79. The van der Waals surface area contributed by atoms with E-state index in [0.717, 1.165) is 17.3 Å². The highest BCUT2D eigenvalue weighted by Gasteiger charge is 2.11. The third-order valence-corrected chi connectivity index (χ3v) is 3.94. The van der Waals surface area contributed by atoms with E-state index in [1.54, 1.807) is 43.3 Å². The van der Waals surface area contributed by atoms with Gasteiger partial charge >= 0.3 is 5.97 Å². The Bertz CT molecular complexity index is 770. The van der Waals surface area contributed by atoms with Gasteiger partial charge in [-0.25, -0.2) is 0 Å². The normalized spacial score (nSPS) is 9.00. The zero-order chi connectivity index (χ0) is 22.6. The first-order valence-electron chi connectivity index (χ1n) is 9.59. The van der Waals surface area contributed by atoms with E-state index in [0.29, 0.717) is 18.6 Å². The van der Waals surface area contributed by atoms with Crippen LogP contribution in [0.5, 0.6) is 0 Å². The maximum Gasteiger partial charge on any atom is 0.313 e. The van der Waals surface area contributed by atoms with E-state index in [4.69, 9.17) is 0 Å². The molecule has 0 saturated heterocycles. The minimum absolute atomic E-state index is 0.183. The largest absolute Gasteiger partial charge is 0.466 e. The average molecular weight is 473 g/mol. The summed E-state index contributed by atoms with van der Waals surface area (Å²) in [5.41, 5.74) is 1.33. The lowest BCUT2D eigenvalue weighted by molar-refractivity contribution is -0.141. The van der Waals surface area contributed by atoms with Crippen LogP contribution < -0.4 is 0 Å². The van der Waals surface area contributed by atoms with Gasteiger partial charge in [-0.1, -0.05) is 88.7 Å².